The standard InChI is InChI=1S/C11H18F3N3O3/c1-10(15,11(12,13)14)9(19)16-3-2-8(18)17-4-6-20-7-5-17/h2-7,15H2,1H3,(H,16,19). The number of nitrogens with one attached hydrogen (secondary N) is 1. The van der Waals surface area contributed by atoms with Gasteiger partial charge in [-0.15, -0.1) is 0 Å². The number of ether oxygens (including phenoxy) is 1. The van der Waals surface area contributed by atoms with Crippen LogP contribution in [0, 0.1) is 0 Å². The van der Waals surface area contributed by atoms with E-state index in [0.29, 0.717) is 33.2 Å². The summed E-state index contributed by atoms with van der Waals surface area (Å²) < 4.78 is 42.5. The molecule has 1 saturated heterocycles. The lowest BCUT2D eigenvalue weighted by Gasteiger charge is -2.28. The highest BCUT2D eigenvalue weighted by molar-refractivity contribution is 5.87. The summed E-state index contributed by atoms with van der Waals surface area (Å²) in [5.74, 6) is -1.58. The summed E-state index contributed by atoms with van der Waals surface area (Å²) in [7, 11) is 0. The van der Waals surface area contributed by atoms with Crippen LogP contribution in [0.15, 0.2) is 0 Å². The number of alkyl halides is 3. The Kier molecular flexibility index (Phi) is 5.35. The van der Waals surface area contributed by atoms with Crippen molar-refractivity contribution in [3.05, 3.63) is 0 Å². The normalized spacial score (nSPS) is 19.4. The predicted octanol–water partition coefficient (Wildman–Crippen LogP) is -0.369. The van der Waals surface area contributed by atoms with E-state index in [2.05, 4.69) is 0 Å². The van der Waals surface area contributed by atoms with E-state index in [1.165, 1.54) is 0 Å². The second-order valence-corrected chi connectivity index (χ2v) is 4.70. The van der Waals surface area contributed by atoms with E-state index in [1.807, 2.05) is 5.32 Å². The number of amides is 2. The fourth-order valence-electron chi connectivity index (χ4n) is 1.57. The van der Waals surface area contributed by atoms with Crippen LogP contribution in [0.1, 0.15) is 13.3 Å². The SMILES string of the molecule is CC(N)(C(=O)NCCC(=O)N1CCOCC1)C(F)(F)F. The van der Waals surface area contributed by atoms with E-state index in [0.717, 1.165) is 0 Å². The van der Waals surface area contributed by atoms with Crippen LogP contribution in [0.5, 0.6) is 0 Å². The van der Waals surface area contributed by atoms with Gasteiger partial charge < -0.3 is 20.7 Å². The van der Waals surface area contributed by atoms with Gasteiger partial charge in [0.15, 0.2) is 5.54 Å². The van der Waals surface area contributed by atoms with Crippen molar-refractivity contribution in [2.75, 3.05) is 32.8 Å². The number of halogens is 3. The van der Waals surface area contributed by atoms with Crippen LogP contribution in [0.3, 0.4) is 0 Å². The second kappa shape index (κ2) is 6.40. The molecule has 1 aliphatic heterocycles. The molecular formula is C11H18F3N3O3. The summed E-state index contributed by atoms with van der Waals surface area (Å²) in [5, 5.41) is 2.04. The highest BCUT2D eigenvalue weighted by atomic mass is 19.4. The zero-order chi connectivity index (χ0) is 15.4. The van der Waals surface area contributed by atoms with E-state index in [9.17, 15) is 22.8 Å². The van der Waals surface area contributed by atoms with Gasteiger partial charge in [-0.25, -0.2) is 0 Å². The molecule has 1 heterocycles. The molecule has 1 atom stereocenters. The molecule has 0 saturated carbocycles. The van der Waals surface area contributed by atoms with Gasteiger partial charge in [-0.05, 0) is 6.92 Å². The highest BCUT2D eigenvalue weighted by Crippen LogP contribution is 2.27. The van der Waals surface area contributed by atoms with Crippen LogP contribution >= 0.6 is 0 Å². The summed E-state index contributed by atoms with van der Waals surface area (Å²) in [4.78, 5) is 24.6. The minimum Gasteiger partial charge on any atom is -0.378 e. The molecule has 9 heteroatoms. The summed E-state index contributed by atoms with van der Waals surface area (Å²) >= 11 is 0. The van der Waals surface area contributed by atoms with Crippen molar-refractivity contribution in [3.8, 4) is 0 Å². The van der Waals surface area contributed by atoms with Gasteiger partial charge in [0, 0.05) is 26.1 Å². The summed E-state index contributed by atoms with van der Waals surface area (Å²) in [6.45, 7) is 2.18. The summed E-state index contributed by atoms with van der Waals surface area (Å²) in [6, 6.07) is 0. The molecule has 1 rings (SSSR count). The molecule has 0 aromatic rings. The molecule has 116 valence electrons. The molecular weight excluding hydrogens is 279 g/mol. The van der Waals surface area contributed by atoms with E-state index in [-0.39, 0.29) is 18.9 Å². The molecule has 20 heavy (non-hydrogen) atoms. The average molecular weight is 297 g/mol. The van der Waals surface area contributed by atoms with Crippen molar-refractivity contribution >= 4 is 11.8 Å². The van der Waals surface area contributed by atoms with Crippen molar-refractivity contribution in [2.45, 2.75) is 25.1 Å². The van der Waals surface area contributed by atoms with Crippen molar-refractivity contribution < 1.29 is 27.5 Å². The van der Waals surface area contributed by atoms with Gasteiger partial charge in [-0.2, -0.15) is 13.2 Å². The van der Waals surface area contributed by atoms with Crippen LogP contribution in [0.25, 0.3) is 0 Å². The Bertz CT molecular complexity index is 366. The number of rotatable bonds is 4. The topological polar surface area (TPSA) is 84.7 Å². The highest BCUT2D eigenvalue weighted by Gasteiger charge is 2.53. The summed E-state index contributed by atoms with van der Waals surface area (Å²) in [5.41, 5.74) is 1.98. The molecule has 0 radical (unpaired) electrons. The molecule has 0 aromatic carbocycles. The number of carbonyl (C=O) groups excluding carboxylic acids is 2. The van der Waals surface area contributed by atoms with Crippen LogP contribution in [-0.2, 0) is 14.3 Å². The van der Waals surface area contributed by atoms with E-state index in [4.69, 9.17) is 10.5 Å². The average Bonchev–Trinajstić information content (AvgIpc) is 2.38. The number of carbonyl (C=O) groups is 2. The van der Waals surface area contributed by atoms with Gasteiger partial charge in [-0.3, -0.25) is 9.59 Å². The Morgan fingerprint density at radius 2 is 1.85 bits per heavy atom. The third-order valence-electron chi connectivity index (χ3n) is 3.05. The Balaban J connectivity index is 2.36. The molecule has 6 nitrogen and oxygen atoms in total. The lowest BCUT2D eigenvalue weighted by atomic mass is 10.0. The Morgan fingerprint density at radius 3 is 2.35 bits per heavy atom. The van der Waals surface area contributed by atoms with Gasteiger partial charge in [0.1, 0.15) is 0 Å². The number of nitrogens with two attached hydrogens (primary N) is 1. The van der Waals surface area contributed by atoms with Crippen LogP contribution in [0.2, 0.25) is 0 Å². The van der Waals surface area contributed by atoms with Crippen molar-refractivity contribution in [1.82, 2.24) is 10.2 Å². The molecule has 0 aliphatic carbocycles. The monoisotopic (exact) mass is 297 g/mol. The van der Waals surface area contributed by atoms with Crippen LogP contribution < -0.4 is 11.1 Å². The van der Waals surface area contributed by atoms with Gasteiger partial charge >= 0.3 is 6.18 Å². The zero-order valence-electron chi connectivity index (χ0n) is 11.1. The molecule has 0 aromatic heterocycles. The molecule has 1 aliphatic rings. The number of nitrogens with zero attached hydrogens (tertiary/aromatic N) is 1. The van der Waals surface area contributed by atoms with E-state index >= 15 is 0 Å². The van der Waals surface area contributed by atoms with Gasteiger partial charge in [0.2, 0.25) is 11.8 Å². The lowest BCUT2D eigenvalue weighted by molar-refractivity contribution is -0.187. The largest absolute Gasteiger partial charge is 0.415 e. The van der Waals surface area contributed by atoms with Crippen LogP contribution in [0.4, 0.5) is 13.2 Å². The molecule has 1 unspecified atom stereocenters. The van der Waals surface area contributed by atoms with E-state index < -0.39 is 17.6 Å². The van der Waals surface area contributed by atoms with Gasteiger partial charge in [-0.1, -0.05) is 0 Å². The quantitative estimate of drug-likeness (QED) is 0.741. The minimum atomic E-state index is -4.84. The molecule has 2 amide bonds. The fraction of sp³-hybridized carbons (Fsp3) is 0.818. The third-order valence-corrected chi connectivity index (χ3v) is 3.05. The maximum Gasteiger partial charge on any atom is 0.415 e. The first kappa shape index (κ1) is 16.7. The molecule has 0 spiro atoms. The Morgan fingerprint density at radius 1 is 1.30 bits per heavy atom. The Labute approximate surface area is 114 Å². The first-order chi connectivity index (χ1) is 9.16. The number of hydrogen-bond acceptors (Lipinski definition) is 4. The summed E-state index contributed by atoms with van der Waals surface area (Å²) in [6.07, 6.45) is -4.91. The minimum absolute atomic E-state index is 0.0698. The number of hydrogen-bond donors (Lipinski definition) is 2. The first-order valence-electron chi connectivity index (χ1n) is 6.15. The van der Waals surface area contributed by atoms with Gasteiger partial charge in [0.25, 0.3) is 0 Å². The fourth-order valence-corrected chi connectivity index (χ4v) is 1.57. The maximum absolute atomic E-state index is 12.5. The second-order valence-electron chi connectivity index (χ2n) is 4.70. The predicted molar refractivity (Wildman–Crippen MR) is 63.7 cm³/mol. The van der Waals surface area contributed by atoms with Crippen molar-refractivity contribution in [1.29, 1.82) is 0 Å². The smallest absolute Gasteiger partial charge is 0.378 e. The van der Waals surface area contributed by atoms with Gasteiger partial charge in [0.05, 0.1) is 13.2 Å². The Hall–Kier alpha value is -1.35. The van der Waals surface area contributed by atoms with Crippen molar-refractivity contribution in [3.63, 3.8) is 0 Å². The number of morpholine rings is 1. The maximum atomic E-state index is 12.5. The third kappa shape index (κ3) is 4.07. The first-order valence-corrected chi connectivity index (χ1v) is 6.15. The molecule has 3 N–H and O–H groups in total. The van der Waals surface area contributed by atoms with Crippen molar-refractivity contribution in [2.24, 2.45) is 5.73 Å². The zero-order valence-corrected chi connectivity index (χ0v) is 11.1. The van der Waals surface area contributed by atoms with E-state index in [1.54, 1.807) is 4.90 Å². The molecule has 1 fully saturated rings. The van der Waals surface area contributed by atoms with Crippen LogP contribution in [-0.4, -0.2) is 61.3 Å². The lowest BCUT2D eigenvalue weighted by Crippen LogP contribution is -2.61. The molecule has 0 bridgehead atoms.